The molecule has 1 aliphatic rings. The van der Waals surface area contributed by atoms with Gasteiger partial charge in [-0.1, -0.05) is 19.1 Å². The fourth-order valence-electron chi connectivity index (χ4n) is 1.41. The van der Waals surface area contributed by atoms with Gasteiger partial charge < -0.3 is 5.32 Å². The van der Waals surface area contributed by atoms with Gasteiger partial charge in [-0.2, -0.15) is 0 Å². The average Bonchev–Trinajstić information content (AvgIpc) is 2.31. The van der Waals surface area contributed by atoms with E-state index >= 15 is 0 Å². The molecule has 1 aliphatic heterocycles. The van der Waals surface area contributed by atoms with E-state index in [0.29, 0.717) is 6.04 Å². The van der Waals surface area contributed by atoms with Crippen molar-refractivity contribution in [2.24, 2.45) is 0 Å². The normalized spacial score (nSPS) is 33.8. The summed E-state index contributed by atoms with van der Waals surface area (Å²) in [5, 5.41) is 3.50. The number of hydrogen-bond acceptors (Lipinski definition) is 1. The SMILES string of the molecule is CC/C=C\[C@@H]1CC[C@@H](C)N1. The Balaban J connectivity index is 2.24. The zero-order chi connectivity index (χ0) is 7.40. The van der Waals surface area contributed by atoms with Gasteiger partial charge in [-0.25, -0.2) is 0 Å². The van der Waals surface area contributed by atoms with E-state index in [1.807, 2.05) is 0 Å². The highest BCUT2D eigenvalue weighted by Gasteiger charge is 2.16. The van der Waals surface area contributed by atoms with Gasteiger partial charge in [0.25, 0.3) is 0 Å². The van der Waals surface area contributed by atoms with Gasteiger partial charge >= 0.3 is 0 Å². The summed E-state index contributed by atoms with van der Waals surface area (Å²) in [6, 6.07) is 1.39. The summed E-state index contributed by atoms with van der Waals surface area (Å²) in [5.41, 5.74) is 0. The van der Waals surface area contributed by atoms with Crippen LogP contribution in [-0.4, -0.2) is 12.1 Å². The molecule has 1 heteroatoms. The third-order valence-corrected chi connectivity index (χ3v) is 2.01. The van der Waals surface area contributed by atoms with Gasteiger partial charge in [0.05, 0.1) is 0 Å². The molecule has 0 aromatic rings. The van der Waals surface area contributed by atoms with Crippen molar-refractivity contribution in [3.8, 4) is 0 Å². The molecule has 0 aromatic carbocycles. The lowest BCUT2D eigenvalue weighted by Crippen LogP contribution is -2.24. The van der Waals surface area contributed by atoms with Crippen LogP contribution in [0.5, 0.6) is 0 Å². The van der Waals surface area contributed by atoms with Gasteiger partial charge in [0, 0.05) is 12.1 Å². The molecule has 0 spiro atoms. The molecule has 0 aromatic heterocycles. The van der Waals surface area contributed by atoms with E-state index in [0.717, 1.165) is 12.5 Å². The standard InChI is InChI=1S/C9H17N/c1-3-4-5-9-7-6-8(2)10-9/h4-5,8-10H,3,6-7H2,1-2H3/b5-4-/t8-,9-/m1/s1. The minimum atomic E-state index is 0.662. The largest absolute Gasteiger partial charge is 0.308 e. The first-order valence-electron chi connectivity index (χ1n) is 4.25. The molecule has 1 fully saturated rings. The molecule has 0 aliphatic carbocycles. The first kappa shape index (κ1) is 7.80. The highest BCUT2D eigenvalue weighted by Crippen LogP contribution is 2.12. The van der Waals surface area contributed by atoms with Gasteiger partial charge in [-0.05, 0) is 26.2 Å². The molecule has 0 saturated carbocycles. The maximum atomic E-state index is 3.50. The minimum absolute atomic E-state index is 0.662. The molecule has 58 valence electrons. The monoisotopic (exact) mass is 139 g/mol. The molecule has 0 amide bonds. The Morgan fingerprint density at radius 3 is 2.80 bits per heavy atom. The van der Waals surface area contributed by atoms with Crippen molar-refractivity contribution in [2.45, 2.75) is 45.2 Å². The lowest BCUT2D eigenvalue weighted by Gasteiger charge is -2.04. The van der Waals surface area contributed by atoms with Crippen LogP contribution in [0.1, 0.15) is 33.1 Å². The molecule has 0 radical (unpaired) electrons. The van der Waals surface area contributed by atoms with E-state index in [-0.39, 0.29) is 0 Å². The second kappa shape index (κ2) is 3.77. The first-order valence-corrected chi connectivity index (χ1v) is 4.25. The van der Waals surface area contributed by atoms with Crippen LogP contribution in [0, 0.1) is 0 Å². The van der Waals surface area contributed by atoms with Gasteiger partial charge in [-0.15, -0.1) is 0 Å². The third-order valence-electron chi connectivity index (χ3n) is 2.01. The van der Waals surface area contributed by atoms with E-state index in [2.05, 4.69) is 31.3 Å². The van der Waals surface area contributed by atoms with Crippen molar-refractivity contribution >= 4 is 0 Å². The van der Waals surface area contributed by atoms with Crippen LogP contribution in [0.4, 0.5) is 0 Å². The summed E-state index contributed by atoms with van der Waals surface area (Å²) >= 11 is 0. The summed E-state index contributed by atoms with van der Waals surface area (Å²) in [6.07, 6.45) is 8.35. The van der Waals surface area contributed by atoms with Crippen molar-refractivity contribution < 1.29 is 0 Å². The quantitative estimate of drug-likeness (QED) is 0.578. The van der Waals surface area contributed by atoms with Gasteiger partial charge in [0.15, 0.2) is 0 Å². The number of rotatable bonds is 2. The smallest absolute Gasteiger partial charge is 0.0253 e. The van der Waals surface area contributed by atoms with Crippen LogP contribution in [0.3, 0.4) is 0 Å². The Kier molecular flexibility index (Phi) is 2.94. The summed E-state index contributed by atoms with van der Waals surface area (Å²) in [5.74, 6) is 0. The fraction of sp³-hybridized carbons (Fsp3) is 0.778. The van der Waals surface area contributed by atoms with Gasteiger partial charge in [0.1, 0.15) is 0 Å². The van der Waals surface area contributed by atoms with Crippen LogP contribution in [0.15, 0.2) is 12.2 Å². The molecular formula is C9H17N. The van der Waals surface area contributed by atoms with Crippen molar-refractivity contribution in [3.63, 3.8) is 0 Å². The molecule has 1 N–H and O–H groups in total. The van der Waals surface area contributed by atoms with E-state index in [1.54, 1.807) is 0 Å². The summed E-state index contributed by atoms with van der Waals surface area (Å²) in [7, 11) is 0. The van der Waals surface area contributed by atoms with Crippen LogP contribution in [-0.2, 0) is 0 Å². The zero-order valence-corrected chi connectivity index (χ0v) is 6.93. The maximum Gasteiger partial charge on any atom is 0.0253 e. The lowest BCUT2D eigenvalue weighted by molar-refractivity contribution is 0.626. The van der Waals surface area contributed by atoms with Crippen molar-refractivity contribution in [1.29, 1.82) is 0 Å². The van der Waals surface area contributed by atoms with Crippen molar-refractivity contribution in [2.75, 3.05) is 0 Å². The predicted octanol–water partition coefficient (Wildman–Crippen LogP) is 2.09. The van der Waals surface area contributed by atoms with Crippen LogP contribution >= 0.6 is 0 Å². The third kappa shape index (κ3) is 2.14. The molecular weight excluding hydrogens is 122 g/mol. The van der Waals surface area contributed by atoms with Crippen LogP contribution in [0.2, 0.25) is 0 Å². The van der Waals surface area contributed by atoms with E-state index in [1.165, 1.54) is 12.8 Å². The lowest BCUT2D eigenvalue weighted by atomic mass is 10.2. The topological polar surface area (TPSA) is 12.0 Å². The van der Waals surface area contributed by atoms with E-state index in [4.69, 9.17) is 0 Å². The van der Waals surface area contributed by atoms with E-state index < -0.39 is 0 Å². The Morgan fingerprint density at radius 2 is 2.30 bits per heavy atom. The molecule has 0 unspecified atom stereocenters. The maximum absolute atomic E-state index is 3.50. The summed E-state index contributed by atoms with van der Waals surface area (Å²) in [6.45, 7) is 4.43. The molecule has 1 nitrogen and oxygen atoms in total. The van der Waals surface area contributed by atoms with E-state index in [9.17, 15) is 0 Å². The molecule has 1 rings (SSSR count). The zero-order valence-electron chi connectivity index (χ0n) is 6.93. The van der Waals surface area contributed by atoms with Gasteiger partial charge in [0.2, 0.25) is 0 Å². The Labute approximate surface area is 63.5 Å². The van der Waals surface area contributed by atoms with Gasteiger partial charge in [-0.3, -0.25) is 0 Å². The highest BCUT2D eigenvalue weighted by molar-refractivity contribution is 4.97. The summed E-state index contributed by atoms with van der Waals surface area (Å²) in [4.78, 5) is 0. The van der Waals surface area contributed by atoms with Crippen LogP contribution < -0.4 is 5.32 Å². The number of nitrogens with one attached hydrogen (secondary N) is 1. The number of hydrogen-bond donors (Lipinski definition) is 1. The highest BCUT2D eigenvalue weighted by atomic mass is 15.0. The molecule has 1 heterocycles. The Bertz CT molecular complexity index is 118. The first-order chi connectivity index (χ1) is 4.83. The Morgan fingerprint density at radius 1 is 1.50 bits per heavy atom. The fourth-order valence-corrected chi connectivity index (χ4v) is 1.41. The predicted molar refractivity (Wildman–Crippen MR) is 45.1 cm³/mol. The molecule has 10 heavy (non-hydrogen) atoms. The molecule has 1 saturated heterocycles. The summed E-state index contributed by atoms with van der Waals surface area (Å²) < 4.78 is 0. The average molecular weight is 139 g/mol. The number of allylic oxidation sites excluding steroid dienone is 1. The molecule has 0 bridgehead atoms. The van der Waals surface area contributed by atoms with Crippen molar-refractivity contribution in [3.05, 3.63) is 12.2 Å². The molecule has 2 atom stereocenters. The minimum Gasteiger partial charge on any atom is -0.308 e. The van der Waals surface area contributed by atoms with Crippen LogP contribution in [0.25, 0.3) is 0 Å². The van der Waals surface area contributed by atoms with Crippen molar-refractivity contribution in [1.82, 2.24) is 5.32 Å². The Hall–Kier alpha value is -0.300. The second-order valence-corrected chi connectivity index (χ2v) is 3.09. The second-order valence-electron chi connectivity index (χ2n) is 3.09.